The number of fused-ring (bicyclic) bond motifs is 1. The van der Waals surface area contributed by atoms with Crippen LogP contribution >= 0.6 is 0 Å². The predicted molar refractivity (Wildman–Crippen MR) is 80.3 cm³/mol. The number of rotatable bonds is 3. The molecular weight excluding hydrogens is 308 g/mol. The fourth-order valence-corrected chi connectivity index (χ4v) is 3.77. The molecule has 0 unspecified atom stereocenters. The Kier molecular flexibility index (Phi) is 3.87. The Labute approximate surface area is 128 Å². The SMILES string of the molecule is O=S(=O)(Nc1ccc(F)cc1F)c1ccc2c(c1)CCCC2. The summed E-state index contributed by atoms with van der Waals surface area (Å²) in [4.78, 5) is 0.0943. The molecule has 0 fully saturated rings. The van der Waals surface area contributed by atoms with Gasteiger partial charge in [-0.05, 0) is 61.1 Å². The molecule has 0 aromatic heterocycles. The van der Waals surface area contributed by atoms with Crippen molar-refractivity contribution >= 4 is 15.7 Å². The van der Waals surface area contributed by atoms with Crippen molar-refractivity contribution in [3.63, 3.8) is 0 Å². The molecule has 0 saturated carbocycles. The molecule has 6 heteroatoms. The maximum absolute atomic E-state index is 13.6. The average molecular weight is 323 g/mol. The zero-order valence-electron chi connectivity index (χ0n) is 11.8. The first kappa shape index (κ1) is 15.0. The number of anilines is 1. The van der Waals surface area contributed by atoms with Crippen LogP contribution in [0.15, 0.2) is 41.3 Å². The first-order chi connectivity index (χ1) is 10.5. The Hall–Kier alpha value is -1.95. The topological polar surface area (TPSA) is 46.2 Å². The van der Waals surface area contributed by atoms with Crippen LogP contribution in [0.25, 0.3) is 0 Å². The second-order valence-electron chi connectivity index (χ2n) is 5.37. The van der Waals surface area contributed by atoms with Crippen LogP contribution in [-0.2, 0) is 22.9 Å². The van der Waals surface area contributed by atoms with Crippen molar-refractivity contribution in [3.05, 3.63) is 59.2 Å². The maximum Gasteiger partial charge on any atom is 0.261 e. The first-order valence-corrected chi connectivity index (χ1v) is 8.54. The quantitative estimate of drug-likeness (QED) is 0.937. The van der Waals surface area contributed by atoms with Crippen LogP contribution in [0, 0.1) is 11.6 Å². The van der Waals surface area contributed by atoms with E-state index in [0.29, 0.717) is 6.07 Å². The average Bonchev–Trinajstić information content (AvgIpc) is 2.49. The summed E-state index contributed by atoms with van der Waals surface area (Å²) in [6.45, 7) is 0. The lowest BCUT2D eigenvalue weighted by molar-refractivity contribution is 0.582. The molecule has 0 radical (unpaired) electrons. The molecule has 22 heavy (non-hydrogen) atoms. The first-order valence-electron chi connectivity index (χ1n) is 7.05. The van der Waals surface area contributed by atoms with E-state index in [2.05, 4.69) is 4.72 Å². The number of aryl methyl sites for hydroxylation is 2. The predicted octanol–water partition coefficient (Wildman–Crippen LogP) is 3.64. The number of hydrogen-bond donors (Lipinski definition) is 1. The van der Waals surface area contributed by atoms with E-state index in [4.69, 9.17) is 0 Å². The van der Waals surface area contributed by atoms with Gasteiger partial charge in [0.05, 0.1) is 10.6 Å². The van der Waals surface area contributed by atoms with Crippen LogP contribution in [-0.4, -0.2) is 8.42 Å². The molecule has 1 N–H and O–H groups in total. The van der Waals surface area contributed by atoms with Gasteiger partial charge in [0.25, 0.3) is 10.0 Å². The van der Waals surface area contributed by atoms with Gasteiger partial charge in [0.2, 0.25) is 0 Å². The van der Waals surface area contributed by atoms with Gasteiger partial charge in [-0.25, -0.2) is 17.2 Å². The molecule has 3 nitrogen and oxygen atoms in total. The summed E-state index contributed by atoms with van der Waals surface area (Å²) < 4.78 is 53.4. The van der Waals surface area contributed by atoms with Gasteiger partial charge in [0.1, 0.15) is 11.6 Å². The van der Waals surface area contributed by atoms with Gasteiger partial charge in [-0.1, -0.05) is 6.07 Å². The molecule has 0 heterocycles. The van der Waals surface area contributed by atoms with Crippen molar-refractivity contribution in [2.75, 3.05) is 4.72 Å². The van der Waals surface area contributed by atoms with E-state index in [1.165, 1.54) is 6.07 Å². The van der Waals surface area contributed by atoms with Gasteiger partial charge in [0, 0.05) is 6.07 Å². The Bertz CT molecular complexity index is 819. The third-order valence-corrected chi connectivity index (χ3v) is 5.17. The lowest BCUT2D eigenvalue weighted by Gasteiger charge is -2.17. The maximum atomic E-state index is 13.6. The van der Waals surface area contributed by atoms with Gasteiger partial charge in [-0.2, -0.15) is 0 Å². The fraction of sp³-hybridized carbons (Fsp3) is 0.250. The number of hydrogen-bond acceptors (Lipinski definition) is 2. The van der Waals surface area contributed by atoms with Crippen molar-refractivity contribution in [1.29, 1.82) is 0 Å². The fourth-order valence-electron chi connectivity index (χ4n) is 2.65. The lowest BCUT2D eigenvalue weighted by Crippen LogP contribution is -2.15. The zero-order valence-corrected chi connectivity index (χ0v) is 12.6. The lowest BCUT2D eigenvalue weighted by atomic mass is 9.92. The van der Waals surface area contributed by atoms with E-state index in [0.717, 1.165) is 48.9 Å². The normalized spacial score (nSPS) is 14.5. The standard InChI is InChI=1S/C16H15F2NO2S/c17-13-6-8-16(15(18)10-13)19-22(20,21)14-7-5-11-3-1-2-4-12(11)9-14/h5-10,19H,1-4H2. The smallest absolute Gasteiger partial charge is 0.261 e. The number of benzene rings is 2. The van der Waals surface area contributed by atoms with Crippen molar-refractivity contribution in [2.45, 2.75) is 30.6 Å². The molecule has 0 aliphatic heterocycles. The molecule has 1 aliphatic carbocycles. The number of nitrogens with one attached hydrogen (secondary N) is 1. The number of sulfonamides is 1. The minimum absolute atomic E-state index is 0.0943. The zero-order chi connectivity index (χ0) is 15.7. The van der Waals surface area contributed by atoms with Gasteiger partial charge >= 0.3 is 0 Å². The van der Waals surface area contributed by atoms with Gasteiger partial charge < -0.3 is 0 Å². The largest absolute Gasteiger partial charge is 0.277 e. The van der Waals surface area contributed by atoms with Crippen LogP contribution in [0.2, 0.25) is 0 Å². The Morgan fingerprint density at radius 2 is 1.64 bits per heavy atom. The van der Waals surface area contributed by atoms with Gasteiger partial charge in [-0.15, -0.1) is 0 Å². The molecular formula is C16H15F2NO2S. The van der Waals surface area contributed by atoms with E-state index >= 15 is 0 Å². The molecule has 0 bridgehead atoms. The summed E-state index contributed by atoms with van der Waals surface area (Å²) in [6.07, 6.45) is 3.95. The van der Waals surface area contributed by atoms with Gasteiger partial charge in [-0.3, -0.25) is 4.72 Å². The molecule has 3 rings (SSSR count). The molecule has 0 atom stereocenters. The highest BCUT2D eigenvalue weighted by Gasteiger charge is 2.19. The number of halogens is 2. The van der Waals surface area contributed by atoms with Gasteiger partial charge in [0.15, 0.2) is 0 Å². The highest BCUT2D eigenvalue weighted by atomic mass is 32.2. The summed E-state index contributed by atoms with van der Waals surface area (Å²) >= 11 is 0. The highest BCUT2D eigenvalue weighted by molar-refractivity contribution is 7.92. The third kappa shape index (κ3) is 2.97. The minimum Gasteiger partial charge on any atom is -0.277 e. The Balaban J connectivity index is 1.92. The van der Waals surface area contributed by atoms with Crippen LogP contribution in [0.5, 0.6) is 0 Å². The minimum atomic E-state index is -3.89. The highest BCUT2D eigenvalue weighted by Crippen LogP contribution is 2.26. The molecule has 116 valence electrons. The molecule has 0 saturated heterocycles. The van der Waals surface area contributed by atoms with E-state index in [-0.39, 0.29) is 10.6 Å². The summed E-state index contributed by atoms with van der Waals surface area (Å²) in [6, 6.07) is 7.69. The molecule has 0 amide bonds. The van der Waals surface area contributed by atoms with Crippen molar-refractivity contribution < 1.29 is 17.2 Å². The van der Waals surface area contributed by atoms with Crippen LogP contribution in [0.1, 0.15) is 24.0 Å². The Morgan fingerprint density at radius 3 is 2.36 bits per heavy atom. The van der Waals surface area contributed by atoms with Crippen LogP contribution in [0.4, 0.5) is 14.5 Å². The van der Waals surface area contributed by atoms with E-state index in [1.54, 1.807) is 6.07 Å². The van der Waals surface area contributed by atoms with Crippen molar-refractivity contribution in [3.8, 4) is 0 Å². The monoisotopic (exact) mass is 323 g/mol. The molecule has 2 aromatic rings. The summed E-state index contributed by atoms with van der Waals surface area (Å²) in [5.41, 5.74) is 1.92. The Morgan fingerprint density at radius 1 is 0.909 bits per heavy atom. The van der Waals surface area contributed by atoms with Crippen molar-refractivity contribution in [1.82, 2.24) is 0 Å². The second kappa shape index (κ2) is 5.68. The van der Waals surface area contributed by atoms with Crippen LogP contribution < -0.4 is 4.72 Å². The van der Waals surface area contributed by atoms with E-state index in [9.17, 15) is 17.2 Å². The molecule has 1 aliphatic rings. The van der Waals surface area contributed by atoms with Crippen LogP contribution in [0.3, 0.4) is 0 Å². The summed E-state index contributed by atoms with van der Waals surface area (Å²) in [5.74, 6) is -1.70. The second-order valence-corrected chi connectivity index (χ2v) is 7.05. The molecule has 0 spiro atoms. The molecule has 2 aromatic carbocycles. The van der Waals surface area contributed by atoms with E-state index in [1.807, 2.05) is 6.07 Å². The van der Waals surface area contributed by atoms with E-state index < -0.39 is 21.7 Å². The van der Waals surface area contributed by atoms with Crippen molar-refractivity contribution in [2.24, 2.45) is 0 Å². The summed E-state index contributed by atoms with van der Waals surface area (Å²) in [5, 5.41) is 0. The third-order valence-electron chi connectivity index (χ3n) is 3.81. The summed E-state index contributed by atoms with van der Waals surface area (Å²) in [7, 11) is -3.89.